The molecule has 0 saturated heterocycles. The van der Waals surface area contributed by atoms with E-state index in [2.05, 4.69) is 4.18 Å². The summed E-state index contributed by atoms with van der Waals surface area (Å²) in [5.74, 6) is -3.23. The van der Waals surface area contributed by atoms with E-state index in [9.17, 15) is 30.4 Å². The van der Waals surface area contributed by atoms with E-state index in [-0.39, 0.29) is 12.8 Å². The van der Waals surface area contributed by atoms with E-state index in [4.69, 9.17) is 0 Å². The smallest absolute Gasteiger partial charge is 0.262 e. The molecule has 1 aliphatic carbocycles. The van der Waals surface area contributed by atoms with Crippen molar-refractivity contribution >= 4 is 10.1 Å². The van der Waals surface area contributed by atoms with Crippen molar-refractivity contribution in [3.05, 3.63) is 0 Å². The van der Waals surface area contributed by atoms with Crippen molar-refractivity contribution in [1.29, 1.82) is 0 Å². The predicted molar refractivity (Wildman–Crippen MR) is 52.4 cm³/mol. The van der Waals surface area contributed by atoms with E-state index in [1.165, 1.54) is 0 Å². The van der Waals surface area contributed by atoms with Gasteiger partial charge in [0.25, 0.3) is 5.92 Å². The summed E-state index contributed by atoms with van der Waals surface area (Å²) in [6.07, 6.45) is 0.114. The van der Waals surface area contributed by atoms with Crippen LogP contribution in [0.5, 0.6) is 0 Å². The average molecular weight is 296 g/mol. The number of halogens is 5. The molecular formula is C9H13F5O3S. The summed E-state index contributed by atoms with van der Waals surface area (Å²) in [6, 6.07) is 0. The molecule has 0 aromatic heterocycles. The molecule has 0 amide bonds. The van der Waals surface area contributed by atoms with Crippen LogP contribution in [0.3, 0.4) is 0 Å². The van der Waals surface area contributed by atoms with Gasteiger partial charge in [0, 0.05) is 6.42 Å². The van der Waals surface area contributed by atoms with Crippen LogP contribution < -0.4 is 0 Å². The molecule has 0 heterocycles. The molecule has 0 aliphatic heterocycles. The van der Waals surface area contributed by atoms with E-state index in [1.807, 2.05) is 0 Å². The molecule has 108 valence electrons. The van der Waals surface area contributed by atoms with Crippen molar-refractivity contribution in [2.24, 2.45) is 5.41 Å². The zero-order valence-electron chi connectivity index (χ0n) is 9.56. The summed E-state index contributed by atoms with van der Waals surface area (Å²) in [5, 5.41) is 0. The molecule has 1 atom stereocenters. The molecule has 18 heavy (non-hydrogen) atoms. The first-order valence-electron chi connectivity index (χ1n) is 5.25. The Morgan fingerprint density at radius 1 is 1.17 bits per heavy atom. The molecule has 0 bridgehead atoms. The van der Waals surface area contributed by atoms with Crippen LogP contribution in [-0.4, -0.2) is 26.5 Å². The Morgan fingerprint density at radius 3 is 2.11 bits per heavy atom. The molecule has 1 fully saturated rings. The van der Waals surface area contributed by atoms with Crippen molar-refractivity contribution < 1.29 is 34.6 Å². The molecule has 1 unspecified atom stereocenters. The first-order valence-corrected chi connectivity index (χ1v) is 6.66. The zero-order valence-corrected chi connectivity index (χ0v) is 10.4. The highest BCUT2D eigenvalue weighted by atomic mass is 32.2. The Bertz CT molecular complexity index is 403. The highest BCUT2D eigenvalue weighted by Gasteiger charge is 2.54. The van der Waals surface area contributed by atoms with Gasteiger partial charge in [-0.15, -0.1) is 0 Å². The second kappa shape index (κ2) is 4.59. The van der Waals surface area contributed by atoms with Gasteiger partial charge in [-0.3, -0.25) is 4.18 Å². The van der Waals surface area contributed by atoms with Gasteiger partial charge in [-0.05, 0) is 12.8 Å². The monoisotopic (exact) mass is 296 g/mol. The fourth-order valence-electron chi connectivity index (χ4n) is 1.80. The Kier molecular flexibility index (Phi) is 3.98. The first kappa shape index (κ1) is 15.6. The Balaban J connectivity index is 2.79. The summed E-state index contributed by atoms with van der Waals surface area (Å²) >= 11 is 0. The maximum absolute atomic E-state index is 13.6. The van der Waals surface area contributed by atoms with Gasteiger partial charge in [0.2, 0.25) is 0 Å². The van der Waals surface area contributed by atoms with Crippen molar-refractivity contribution in [2.75, 3.05) is 6.61 Å². The van der Waals surface area contributed by atoms with E-state index < -0.39 is 40.0 Å². The van der Waals surface area contributed by atoms with Gasteiger partial charge in [-0.1, -0.05) is 13.3 Å². The summed E-state index contributed by atoms with van der Waals surface area (Å²) in [5.41, 5.74) is -7.48. The molecular weight excluding hydrogens is 283 g/mol. The second-order valence-electron chi connectivity index (χ2n) is 4.63. The van der Waals surface area contributed by atoms with Crippen LogP contribution in [0.15, 0.2) is 0 Å². The zero-order chi connectivity index (χ0) is 14.2. The molecule has 3 nitrogen and oxygen atoms in total. The lowest BCUT2D eigenvalue weighted by molar-refractivity contribution is -0.157. The number of hydrogen-bond acceptors (Lipinski definition) is 3. The third-order valence-corrected chi connectivity index (χ3v) is 4.16. The lowest BCUT2D eigenvalue weighted by Crippen LogP contribution is -2.46. The van der Waals surface area contributed by atoms with Crippen molar-refractivity contribution in [1.82, 2.24) is 0 Å². The maximum atomic E-state index is 13.6. The molecule has 1 aliphatic rings. The molecule has 1 saturated carbocycles. The van der Waals surface area contributed by atoms with Gasteiger partial charge in [0.15, 0.2) is 0 Å². The van der Waals surface area contributed by atoms with Gasteiger partial charge < -0.3 is 0 Å². The third-order valence-electron chi connectivity index (χ3n) is 3.17. The van der Waals surface area contributed by atoms with Gasteiger partial charge in [-0.25, -0.2) is 8.78 Å². The van der Waals surface area contributed by atoms with Crippen LogP contribution >= 0.6 is 0 Å². The minimum atomic E-state index is -5.82. The van der Waals surface area contributed by atoms with Crippen LogP contribution in [0.2, 0.25) is 0 Å². The van der Waals surface area contributed by atoms with Gasteiger partial charge in [-0.2, -0.15) is 21.6 Å². The van der Waals surface area contributed by atoms with Crippen LogP contribution in [0, 0.1) is 5.41 Å². The Hall–Kier alpha value is -0.440. The lowest BCUT2D eigenvalue weighted by atomic mass is 9.73. The quantitative estimate of drug-likeness (QED) is 0.457. The van der Waals surface area contributed by atoms with E-state index in [0.717, 1.165) is 6.92 Å². The molecule has 9 heteroatoms. The molecule has 0 N–H and O–H groups in total. The van der Waals surface area contributed by atoms with Gasteiger partial charge in [0.05, 0.1) is 12.0 Å². The normalized spacial score (nSPS) is 29.2. The third kappa shape index (κ3) is 2.93. The molecule has 0 spiro atoms. The van der Waals surface area contributed by atoms with Gasteiger partial charge >= 0.3 is 15.6 Å². The van der Waals surface area contributed by atoms with Gasteiger partial charge in [0.1, 0.15) is 0 Å². The highest BCUT2D eigenvalue weighted by Crippen LogP contribution is 2.48. The van der Waals surface area contributed by atoms with Crippen LogP contribution in [0.25, 0.3) is 0 Å². The summed E-state index contributed by atoms with van der Waals surface area (Å²) in [6.45, 7) is -0.125. The SMILES string of the molecule is CC1(COS(=O)(=O)C(F)(F)F)CCCCC1(F)F. The lowest BCUT2D eigenvalue weighted by Gasteiger charge is -2.40. The molecule has 0 aromatic carbocycles. The minimum Gasteiger partial charge on any atom is -0.262 e. The predicted octanol–water partition coefficient (Wildman–Crippen LogP) is 3.07. The first-order chi connectivity index (χ1) is 7.91. The standard InChI is InChI=1S/C9H13F5O3S/c1-7(4-2-3-5-8(7,10)11)6-17-18(15,16)9(12,13)14/h2-6H2,1H3. The van der Waals surface area contributed by atoms with Crippen LogP contribution in [0.4, 0.5) is 22.0 Å². The van der Waals surface area contributed by atoms with E-state index in [0.29, 0.717) is 6.42 Å². The summed E-state index contributed by atoms with van der Waals surface area (Å²) < 4.78 is 88.2. The Labute approximate surface area is 101 Å². The van der Waals surface area contributed by atoms with E-state index >= 15 is 0 Å². The highest BCUT2D eigenvalue weighted by molar-refractivity contribution is 7.87. The average Bonchev–Trinajstić information content (AvgIpc) is 2.18. The van der Waals surface area contributed by atoms with Crippen LogP contribution in [-0.2, 0) is 14.3 Å². The topological polar surface area (TPSA) is 43.4 Å². The minimum absolute atomic E-state index is 0.0760. The van der Waals surface area contributed by atoms with E-state index in [1.54, 1.807) is 0 Å². The van der Waals surface area contributed by atoms with Crippen molar-refractivity contribution in [3.63, 3.8) is 0 Å². The largest absolute Gasteiger partial charge is 0.523 e. The van der Waals surface area contributed by atoms with Crippen molar-refractivity contribution in [3.8, 4) is 0 Å². The second-order valence-corrected chi connectivity index (χ2v) is 6.24. The van der Waals surface area contributed by atoms with Crippen molar-refractivity contribution in [2.45, 2.75) is 44.0 Å². The fourth-order valence-corrected chi connectivity index (χ4v) is 2.35. The maximum Gasteiger partial charge on any atom is 0.523 e. The Morgan fingerprint density at radius 2 is 1.67 bits per heavy atom. The number of alkyl halides is 5. The number of rotatable bonds is 3. The summed E-state index contributed by atoms with van der Waals surface area (Å²) in [7, 11) is -5.82. The fraction of sp³-hybridized carbons (Fsp3) is 1.00. The van der Waals surface area contributed by atoms with Crippen LogP contribution in [0.1, 0.15) is 32.6 Å². The number of hydrogen-bond donors (Lipinski definition) is 0. The molecule has 1 rings (SSSR count). The molecule has 0 radical (unpaired) electrons. The summed E-state index contributed by atoms with van der Waals surface area (Å²) in [4.78, 5) is 0. The molecule has 0 aromatic rings.